The van der Waals surface area contributed by atoms with Crippen molar-refractivity contribution in [2.24, 2.45) is 0 Å². The lowest BCUT2D eigenvalue weighted by Crippen LogP contribution is -2.55. The van der Waals surface area contributed by atoms with Crippen LogP contribution in [0.25, 0.3) is 0 Å². The van der Waals surface area contributed by atoms with Gasteiger partial charge >= 0.3 is 0 Å². The van der Waals surface area contributed by atoms with Crippen LogP contribution in [0.3, 0.4) is 0 Å². The summed E-state index contributed by atoms with van der Waals surface area (Å²) >= 11 is 0. The van der Waals surface area contributed by atoms with Crippen LogP contribution in [0.15, 0.2) is 0 Å². The fourth-order valence-corrected chi connectivity index (χ4v) is 2.39. The summed E-state index contributed by atoms with van der Waals surface area (Å²) in [6.07, 6.45) is 2.39. The molecule has 0 bridgehead atoms. The van der Waals surface area contributed by atoms with E-state index in [1.165, 1.54) is 12.8 Å². The molecule has 96 valence electrons. The number of morpholine rings is 1. The lowest BCUT2D eigenvalue weighted by atomic mass is 10.0. The second-order valence-electron chi connectivity index (χ2n) is 4.86. The first-order chi connectivity index (χ1) is 7.70. The van der Waals surface area contributed by atoms with Crippen LogP contribution in [0.1, 0.15) is 40.5 Å². The molecule has 1 rings (SSSR count). The lowest BCUT2D eigenvalue weighted by Gasteiger charge is -2.41. The summed E-state index contributed by atoms with van der Waals surface area (Å²) in [7, 11) is 0. The van der Waals surface area contributed by atoms with Crippen LogP contribution in [-0.4, -0.2) is 49.3 Å². The molecule has 3 unspecified atom stereocenters. The highest BCUT2D eigenvalue weighted by molar-refractivity contribution is 4.84. The maximum absolute atomic E-state index is 5.55. The first-order valence-corrected chi connectivity index (χ1v) is 6.77. The quantitative estimate of drug-likeness (QED) is 0.751. The van der Waals surface area contributed by atoms with Gasteiger partial charge in [0, 0.05) is 24.7 Å². The van der Waals surface area contributed by atoms with Gasteiger partial charge < -0.3 is 10.1 Å². The van der Waals surface area contributed by atoms with E-state index in [9.17, 15) is 0 Å². The van der Waals surface area contributed by atoms with Crippen LogP contribution in [0.4, 0.5) is 0 Å². The molecule has 0 aromatic rings. The van der Waals surface area contributed by atoms with Gasteiger partial charge in [0.1, 0.15) is 0 Å². The van der Waals surface area contributed by atoms with Gasteiger partial charge in [0.2, 0.25) is 0 Å². The largest absolute Gasteiger partial charge is 0.378 e. The van der Waals surface area contributed by atoms with Crippen LogP contribution in [0.2, 0.25) is 0 Å². The van der Waals surface area contributed by atoms with Gasteiger partial charge in [0.05, 0.1) is 13.2 Å². The fraction of sp³-hybridized carbons (Fsp3) is 1.00. The van der Waals surface area contributed by atoms with Gasteiger partial charge in [-0.2, -0.15) is 0 Å². The number of ether oxygens (including phenoxy) is 1. The minimum atomic E-state index is 0.562. The third-order valence-electron chi connectivity index (χ3n) is 3.71. The molecule has 1 heterocycles. The third kappa shape index (κ3) is 3.72. The zero-order chi connectivity index (χ0) is 12.0. The van der Waals surface area contributed by atoms with E-state index >= 15 is 0 Å². The Hall–Kier alpha value is -0.120. The molecule has 1 aliphatic rings. The summed E-state index contributed by atoms with van der Waals surface area (Å²) in [6, 6.07) is 1.77. The standard InChI is InChI=1S/C13H28N2O/c1-5-7-14-11(3)12(4)15-8-9-16-10-13(15)6-2/h11-14H,5-10H2,1-4H3. The SMILES string of the molecule is CCCNC(C)C(C)N1CCOCC1CC. The van der Waals surface area contributed by atoms with E-state index in [1.54, 1.807) is 0 Å². The minimum absolute atomic E-state index is 0.562. The maximum atomic E-state index is 5.55. The van der Waals surface area contributed by atoms with Gasteiger partial charge in [0.25, 0.3) is 0 Å². The van der Waals surface area contributed by atoms with E-state index in [-0.39, 0.29) is 0 Å². The van der Waals surface area contributed by atoms with Crippen molar-refractivity contribution in [3.8, 4) is 0 Å². The van der Waals surface area contributed by atoms with Crippen LogP contribution >= 0.6 is 0 Å². The zero-order valence-corrected chi connectivity index (χ0v) is 11.3. The Kier molecular flexibility index (Phi) is 6.32. The van der Waals surface area contributed by atoms with E-state index in [0.29, 0.717) is 18.1 Å². The van der Waals surface area contributed by atoms with Gasteiger partial charge in [-0.25, -0.2) is 0 Å². The van der Waals surface area contributed by atoms with E-state index in [4.69, 9.17) is 4.74 Å². The molecule has 1 aliphatic heterocycles. The minimum Gasteiger partial charge on any atom is -0.378 e. The summed E-state index contributed by atoms with van der Waals surface area (Å²) in [5.74, 6) is 0. The van der Waals surface area contributed by atoms with Gasteiger partial charge in [-0.15, -0.1) is 0 Å². The molecule has 16 heavy (non-hydrogen) atoms. The number of hydrogen-bond donors (Lipinski definition) is 1. The molecule has 1 saturated heterocycles. The van der Waals surface area contributed by atoms with Crippen molar-refractivity contribution >= 4 is 0 Å². The Morgan fingerprint density at radius 3 is 2.75 bits per heavy atom. The number of rotatable bonds is 6. The summed E-state index contributed by atoms with van der Waals surface area (Å²) in [5, 5.41) is 3.59. The Labute approximate surface area is 101 Å². The average Bonchev–Trinajstić information content (AvgIpc) is 2.34. The van der Waals surface area contributed by atoms with Crippen LogP contribution < -0.4 is 5.32 Å². The predicted molar refractivity (Wildman–Crippen MR) is 68.8 cm³/mol. The molecule has 0 aliphatic carbocycles. The summed E-state index contributed by atoms with van der Waals surface area (Å²) < 4.78 is 5.55. The van der Waals surface area contributed by atoms with Gasteiger partial charge in [-0.1, -0.05) is 13.8 Å². The highest BCUT2D eigenvalue weighted by Gasteiger charge is 2.28. The first-order valence-electron chi connectivity index (χ1n) is 6.77. The molecule has 1 N–H and O–H groups in total. The van der Waals surface area contributed by atoms with Crippen molar-refractivity contribution in [1.82, 2.24) is 10.2 Å². The topological polar surface area (TPSA) is 24.5 Å². The lowest BCUT2D eigenvalue weighted by molar-refractivity contribution is -0.0323. The highest BCUT2D eigenvalue weighted by atomic mass is 16.5. The van der Waals surface area contributed by atoms with Crippen molar-refractivity contribution in [2.75, 3.05) is 26.3 Å². The molecule has 0 spiro atoms. The molecule has 0 amide bonds. The molecule has 0 radical (unpaired) electrons. The normalized spacial score (nSPS) is 26.6. The van der Waals surface area contributed by atoms with E-state index in [0.717, 1.165) is 26.3 Å². The monoisotopic (exact) mass is 228 g/mol. The summed E-state index contributed by atoms with van der Waals surface area (Å²) in [4.78, 5) is 2.61. The average molecular weight is 228 g/mol. The molecule has 0 aromatic heterocycles. The first kappa shape index (κ1) is 13.9. The molecule has 3 nitrogen and oxygen atoms in total. The predicted octanol–water partition coefficient (Wildman–Crippen LogP) is 1.87. The molecule has 1 fully saturated rings. The van der Waals surface area contributed by atoms with Gasteiger partial charge in [-0.05, 0) is 33.2 Å². The van der Waals surface area contributed by atoms with E-state index < -0.39 is 0 Å². The molecule has 0 saturated carbocycles. The molecule has 3 atom stereocenters. The smallest absolute Gasteiger partial charge is 0.0622 e. The summed E-state index contributed by atoms with van der Waals surface area (Å²) in [6.45, 7) is 13.1. The second-order valence-corrected chi connectivity index (χ2v) is 4.86. The molecule has 0 aromatic carbocycles. The van der Waals surface area contributed by atoms with Crippen LogP contribution in [0.5, 0.6) is 0 Å². The van der Waals surface area contributed by atoms with Crippen LogP contribution in [-0.2, 0) is 4.74 Å². The maximum Gasteiger partial charge on any atom is 0.0622 e. The van der Waals surface area contributed by atoms with E-state index in [2.05, 4.69) is 37.9 Å². The summed E-state index contributed by atoms with van der Waals surface area (Å²) in [5.41, 5.74) is 0. The van der Waals surface area contributed by atoms with Crippen molar-refractivity contribution in [3.05, 3.63) is 0 Å². The van der Waals surface area contributed by atoms with Crippen molar-refractivity contribution in [1.29, 1.82) is 0 Å². The van der Waals surface area contributed by atoms with Crippen molar-refractivity contribution in [2.45, 2.75) is 58.7 Å². The molecular weight excluding hydrogens is 200 g/mol. The molecule has 3 heteroatoms. The number of hydrogen-bond acceptors (Lipinski definition) is 3. The van der Waals surface area contributed by atoms with Gasteiger partial charge in [-0.3, -0.25) is 4.90 Å². The zero-order valence-electron chi connectivity index (χ0n) is 11.3. The Morgan fingerprint density at radius 1 is 1.38 bits per heavy atom. The number of nitrogens with one attached hydrogen (secondary N) is 1. The van der Waals surface area contributed by atoms with E-state index in [1.807, 2.05) is 0 Å². The third-order valence-corrected chi connectivity index (χ3v) is 3.71. The molecular formula is C13H28N2O. The Bertz CT molecular complexity index is 187. The second kappa shape index (κ2) is 7.25. The Balaban J connectivity index is 2.45. The highest BCUT2D eigenvalue weighted by Crippen LogP contribution is 2.16. The van der Waals surface area contributed by atoms with Crippen molar-refractivity contribution in [3.63, 3.8) is 0 Å². The fourth-order valence-electron chi connectivity index (χ4n) is 2.39. The Morgan fingerprint density at radius 2 is 2.12 bits per heavy atom. The van der Waals surface area contributed by atoms with Crippen LogP contribution in [0, 0.1) is 0 Å². The number of nitrogens with zero attached hydrogens (tertiary/aromatic N) is 1. The van der Waals surface area contributed by atoms with Gasteiger partial charge in [0.15, 0.2) is 0 Å². The van der Waals surface area contributed by atoms with Crippen molar-refractivity contribution < 1.29 is 4.74 Å².